The van der Waals surface area contributed by atoms with Gasteiger partial charge in [-0.05, 0) is 13.3 Å². The van der Waals surface area contributed by atoms with Crippen molar-refractivity contribution in [1.82, 2.24) is 0 Å². The lowest BCUT2D eigenvalue weighted by Gasteiger charge is -2.49. The Labute approximate surface area is 202 Å². The van der Waals surface area contributed by atoms with Gasteiger partial charge in [0.15, 0.2) is 12.6 Å². The third-order valence-corrected chi connectivity index (χ3v) is 6.81. The SMILES string of the molecule is C[C@H]1O[C@@H](O[C@@H]2[C@@H](O)[C@H](N)C[C@H](N)[C@H]2O[C@H]2O[C@H](CN)[C@@H](O)[C@H](O)[C@H]2N)[C@H](O)[C@@H](OCCO)[C@@H]1O. The maximum absolute atomic E-state index is 10.8. The third-order valence-electron chi connectivity index (χ3n) is 6.81. The van der Waals surface area contributed by atoms with Crippen molar-refractivity contribution in [3.05, 3.63) is 0 Å². The van der Waals surface area contributed by atoms with Crippen molar-refractivity contribution in [1.29, 1.82) is 0 Å². The molecule has 15 heteroatoms. The summed E-state index contributed by atoms with van der Waals surface area (Å²) in [5, 5.41) is 61.4. The van der Waals surface area contributed by atoms with E-state index in [1.165, 1.54) is 0 Å². The van der Waals surface area contributed by atoms with E-state index in [0.29, 0.717) is 0 Å². The first kappa shape index (κ1) is 29.0. The Hall–Kier alpha value is -0.600. The van der Waals surface area contributed by atoms with Gasteiger partial charge in [-0.25, -0.2) is 0 Å². The summed E-state index contributed by atoms with van der Waals surface area (Å²) in [4.78, 5) is 0. The maximum Gasteiger partial charge on any atom is 0.187 e. The Bertz CT molecular complexity index is 667. The molecule has 0 radical (unpaired) electrons. The van der Waals surface area contributed by atoms with Gasteiger partial charge in [-0.15, -0.1) is 0 Å². The molecule has 3 fully saturated rings. The highest BCUT2D eigenvalue weighted by Gasteiger charge is 2.52. The fourth-order valence-electron chi connectivity index (χ4n) is 4.68. The topological polar surface area (TPSA) is 272 Å². The average molecular weight is 513 g/mol. The minimum absolute atomic E-state index is 0.119. The van der Waals surface area contributed by atoms with Crippen LogP contribution in [0.15, 0.2) is 0 Å². The van der Waals surface area contributed by atoms with Crippen LogP contribution in [0.2, 0.25) is 0 Å². The molecule has 2 aliphatic heterocycles. The molecule has 3 rings (SSSR count). The molecule has 3 aliphatic rings. The Kier molecular flexibility index (Phi) is 10.2. The Morgan fingerprint density at radius 2 is 1.43 bits per heavy atom. The van der Waals surface area contributed by atoms with Gasteiger partial charge < -0.3 is 77.3 Å². The van der Waals surface area contributed by atoms with E-state index in [1.54, 1.807) is 6.92 Å². The predicted molar refractivity (Wildman–Crippen MR) is 117 cm³/mol. The normalized spacial score (nSPS) is 51.3. The van der Waals surface area contributed by atoms with Crippen LogP contribution in [0.3, 0.4) is 0 Å². The highest BCUT2D eigenvalue weighted by molar-refractivity contribution is 5.01. The van der Waals surface area contributed by atoms with Crippen LogP contribution in [-0.2, 0) is 23.7 Å². The van der Waals surface area contributed by atoms with Gasteiger partial charge >= 0.3 is 0 Å². The highest BCUT2D eigenvalue weighted by Crippen LogP contribution is 2.32. The lowest BCUT2D eigenvalue weighted by molar-refractivity contribution is -0.341. The van der Waals surface area contributed by atoms with Gasteiger partial charge in [0.1, 0.15) is 48.8 Å². The van der Waals surface area contributed by atoms with Crippen molar-refractivity contribution < 1.29 is 54.3 Å². The van der Waals surface area contributed by atoms with Gasteiger partial charge in [-0.3, -0.25) is 0 Å². The van der Waals surface area contributed by atoms with Crippen molar-refractivity contribution in [3.63, 3.8) is 0 Å². The summed E-state index contributed by atoms with van der Waals surface area (Å²) in [7, 11) is 0. The monoisotopic (exact) mass is 512 g/mol. The second-order valence-corrected chi connectivity index (χ2v) is 9.34. The maximum atomic E-state index is 10.8. The highest BCUT2D eigenvalue weighted by atomic mass is 16.7. The molecule has 35 heavy (non-hydrogen) atoms. The Morgan fingerprint density at radius 1 is 0.771 bits per heavy atom. The molecule has 0 aromatic heterocycles. The van der Waals surface area contributed by atoms with Crippen LogP contribution in [0, 0.1) is 0 Å². The molecule has 2 saturated heterocycles. The molecule has 0 amide bonds. The molecule has 2 heterocycles. The summed E-state index contributed by atoms with van der Waals surface area (Å²) in [5.74, 6) is 0. The van der Waals surface area contributed by atoms with E-state index in [9.17, 15) is 25.5 Å². The van der Waals surface area contributed by atoms with Crippen LogP contribution in [0.25, 0.3) is 0 Å². The van der Waals surface area contributed by atoms with E-state index in [-0.39, 0.29) is 26.2 Å². The van der Waals surface area contributed by atoms with E-state index in [1.807, 2.05) is 0 Å². The van der Waals surface area contributed by atoms with Crippen LogP contribution < -0.4 is 22.9 Å². The largest absolute Gasteiger partial charge is 0.394 e. The van der Waals surface area contributed by atoms with Gasteiger partial charge in [-0.1, -0.05) is 0 Å². The number of rotatable bonds is 8. The average Bonchev–Trinajstić information content (AvgIpc) is 2.82. The molecular formula is C20H40N4O11. The van der Waals surface area contributed by atoms with Crippen molar-refractivity contribution in [2.24, 2.45) is 22.9 Å². The predicted octanol–water partition coefficient (Wildman–Crippen LogP) is -6.25. The fraction of sp³-hybridized carbons (Fsp3) is 1.00. The first-order valence-electron chi connectivity index (χ1n) is 11.7. The molecule has 15 atom stereocenters. The molecule has 0 unspecified atom stereocenters. The van der Waals surface area contributed by atoms with Crippen LogP contribution in [0.5, 0.6) is 0 Å². The van der Waals surface area contributed by atoms with Gasteiger partial charge in [0.2, 0.25) is 0 Å². The number of ether oxygens (including phenoxy) is 5. The van der Waals surface area contributed by atoms with Crippen LogP contribution in [0.4, 0.5) is 0 Å². The van der Waals surface area contributed by atoms with E-state index >= 15 is 0 Å². The fourth-order valence-corrected chi connectivity index (χ4v) is 4.68. The van der Waals surface area contributed by atoms with Gasteiger partial charge in [0.25, 0.3) is 0 Å². The van der Waals surface area contributed by atoms with Gasteiger partial charge in [0, 0.05) is 18.6 Å². The molecule has 1 aliphatic carbocycles. The second-order valence-electron chi connectivity index (χ2n) is 9.34. The van der Waals surface area contributed by atoms with Gasteiger partial charge in [0.05, 0.1) is 31.5 Å². The minimum atomic E-state index is -1.50. The van der Waals surface area contributed by atoms with Gasteiger partial charge in [-0.2, -0.15) is 0 Å². The smallest absolute Gasteiger partial charge is 0.187 e. The zero-order chi connectivity index (χ0) is 26.0. The summed E-state index contributed by atoms with van der Waals surface area (Å²) in [5.41, 5.74) is 23.9. The van der Waals surface area contributed by atoms with Crippen molar-refractivity contribution in [2.75, 3.05) is 19.8 Å². The van der Waals surface area contributed by atoms with E-state index < -0.39 is 91.7 Å². The van der Waals surface area contributed by atoms with E-state index in [4.69, 9.17) is 51.7 Å². The molecule has 14 N–H and O–H groups in total. The number of aliphatic hydroxyl groups excluding tert-OH is 6. The third kappa shape index (κ3) is 6.11. The lowest BCUT2D eigenvalue weighted by Crippen LogP contribution is -2.69. The molecule has 0 bridgehead atoms. The molecule has 0 aromatic rings. The number of aliphatic hydroxyl groups is 6. The summed E-state index contributed by atoms with van der Waals surface area (Å²) >= 11 is 0. The lowest BCUT2D eigenvalue weighted by atomic mass is 9.84. The van der Waals surface area contributed by atoms with Crippen molar-refractivity contribution in [2.45, 2.75) is 105 Å². The summed E-state index contributed by atoms with van der Waals surface area (Å²) in [6.07, 6.45) is -14.5. The number of hydrogen-bond donors (Lipinski definition) is 10. The molecule has 0 aromatic carbocycles. The first-order chi connectivity index (χ1) is 16.5. The number of nitrogens with two attached hydrogens (primary N) is 4. The van der Waals surface area contributed by atoms with E-state index in [2.05, 4.69) is 0 Å². The van der Waals surface area contributed by atoms with E-state index in [0.717, 1.165) is 0 Å². The van der Waals surface area contributed by atoms with Crippen LogP contribution >= 0.6 is 0 Å². The Balaban J connectivity index is 1.80. The van der Waals surface area contributed by atoms with Crippen LogP contribution in [-0.4, -0.2) is 142 Å². The molecule has 206 valence electrons. The molecular weight excluding hydrogens is 472 g/mol. The Morgan fingerprint density at radius 3 is 2.06 bits per heavy atom. The summed E-state index contributed by atoms with van der Waals surface area (Å²) < 4.78 is 28.5. The standard InChI is InChI=1S/C20H40N4O11/c1-6-11(26)17(31-3-2-25)15(30)20(32-6)35-18-12(27)7(22)4-8(23)16(18)34-19-10(24)14(29)13(28)9(5-21)33-19/h6-20,25-30H,2-5,21-24H2,1H3/t6-,7-,8+,9-,10-,11-,12+,13-,14-,15-,16-,17+,18-,19-,20+/m1/s1. The zero-order valence-corrected chi connectivity index (χ0v) is 19.5. The quantitative estimate of drug-likeness (QED) is 0.145. The zero-order valence-electron chi connectivity index (χ0n) is 19.5. The van der Waals surface area contributed by atoms with Crippen molar-refractivity contribution in [3.8, 4) is 0 Å². The number of hydrogen-bond acceptors (Lipinski definition) is 15. The minimum Gasteiger partial charge on any atom is -0.394 e. The molecule has 15 nitrogen and oxygen atoms in total. The molecule has 0 spiro atoms. The molecule has 1 saturated carbocycles. The van der Waals surface area contributed by atoms with Crippen LogP contribution in [0.1, 0.15) is 13.3 Å². The second kappa shape index (κ2) is 12.3. The van der Waals surface area contributed by atoms with Crippen molar-refractivity contribution >= 4 is 0 Å². The summed E-state index contributed by atoms with van der Waals surface area (Å²) in [6, 6.07) is -2.75. The summed E-state index contributed by atoms with van der Waals surface area (Å²) in [6.45, 7) is 0.953. The first-order valence-corrected chi connectivity index (χ1v) is 11.7.